The predicted molar refractivity (Wildman–Crippen MR) is 73.0 cm³/mol. The number of carboxylic acids is 1. The van der Waals surface area contributed by atoms with Gasteiger partial charge in [-0.2, -0.15) is 0 Å². The fourth-order valence-electron chi connectivity index (χ4n) is 1.72. The van der Waals surface area contributed by atoms with E-state index in [4.69, 9.17) is 5.11 Å². The standard InChI is InChI=1S/C13H12N2O3S/c1-8-11(19-7-14-8)12(16)15(2)10-6-4-3-5-9(10)13(17)18/h3-7H,1-2H3,(H,17,18). The second kappa shape index (κ2) is 5.19. The molecule has 0 spiro atoms. The summed E-state index contributed by atoms with van der Waals surface area (Å²) in [4.78, 5) is 29.3. The lowest BCUT2D eigenvalue weighted by Crippen LogP contribution is -2.27. The van der Waals surface area contributed by atoms with Gasteiger partial charge in [-0.3, -0.25) is 4.79 Å². The summed E-state index contributed by atoms with van der Waals surface area (Å²) in [6.07, 6.45) is 0. The Morgan fingerprint density at radius 1 is 1.32 bits per heavy atom. The summed E-state index contributed by atoms with van der Waals surface area (Å²) < 4.78 is 0. The maximum Gasteiger partial charge on any atom is 0.337 e. The molecule has 5 nitrogen and oxygen atoms in total. The van der Waals surface area contributed by atoms with Crippen molar-refractivity contribution in [2.24, 2.45) is 0 Å². The molecule has 19 heavy (non-hydrogen) atoms. The summed E-state index contributed by atoms with van der Waals surface area (Å²) in [6.45, 7) is 1.75. The average Bonchev–Trinajstić information content (AvgIpc) is 2.83. The van der Waals surface area contributed by atoms with Crippen LogP contribution in [0.15, 0.2) is 29.8 Å². The fourth-order valence-corrected chi connectivity index (χ4v) is 2.49. The minimum Gasteiger partial charge on any atom is -0.478 e. The maximum atomic E-state index is 12.3. The first-order valence-electron chi connectivity index (χ1n) is 5.53. The number of nitrogens with zero attached hydrogens (tertiary/aromatic N) is 2. The molecule has 1 N–H and O–H groups in total. The Morgan fingerprint density at radius 2 is 2.00 bits per heavy atom. The summed E-state index contributed by atoms with van der Waals surface area (Å²) in [5.74, 6) is -1.31. The molecular weight excluding hydrogens is 264 g/mol. The molecule has 0 radical (unpaired) electrons. The summed E-state index contributed by atoms with van der Waals surface area (Å²) in [5.41, 5.74) is 2.71. The number of para-hydroxylation sites is 1. The summed E-state index contributed by atoms with van der Waals surface area (Å²) in [5, 5.41) is 9.13. The molecule has 0 saturated carbocycles. The molecule has 0 saturated heterocycles. The molecule has 0 bridgehead atoms. The first-order valence-corrected chi connectivity index (χ1v) is 6.40. The molecule has 0 unspecified atom stereocenters. The van der Waals surface area contributed by atoms with Crippen LogP contribution >= 0.6 is 11.3 Å². The molecule has 1 amide bonds. The number of carboxylic acid groups (broad SMARTS) is 1. The van der Waals surface area contributed by atoms with E-state index in [0.717, 1.165) is 0 Å². The third kappa shape index (κ3) is 2.48. The van der Waals surface area contributed by atoms with Crippen LogP contribution in [0.1, 0.15) is 25.7 Å². The molecule has 6 heteroatoms. The van der Waals surface area contributed by atoms with E-state index in [0.29, 0.717) is 16.3 Å². The number of hydrogen-bond acceptors (Lipinski definition) is 4. The monoisotopic (exact) mass is 276 g/mol. The van der Waals surface area contributed by atoms with E-state index < -0.39 is 5.97 Å². The first-order chi connectivity index (χ1) is 9.02. The smallest absolute Gasteiger partial charge is 0.337 e. The third-order valence-electron chi connectivity index (χ3n) is 2.74. The molecule has 0 fully saturated rings. The third-order valence-corrected chi connectivity index (χ3v) is 3.66. The highest BCUT2D eigenvalue weighted by atomic mass is 32.1. The Morgan fingerprint density at radius 3 is 2.58 bits per heavy atom. The fraction of sp³-hybridized carbons (Fsp3) is 0.154. The molecular formula is C13H12N2O3S. The van der Waals surface area contributed by atoms with Crippen LogP contribution < -0.4 is 4.90 Å². The van der Waals surface area contributed by atoms with Crippen LogP contribution in [0, 0.1) is 6.92 Å². The van der Waals surface area contributed by atoms with Gasteiger partial charge in [-0.05, 0) is 19.1 Å². The lowest BCUT2D eigenvalue weighted by molar-refractivity contribution is 0.0697. The van der Waals surface area contributed by atoms with Crippen LogP contribution in [0.3, 0.4) is 0 Å². The van der Waals surface area contributed by atoms with E-state index in [-0.39, 0.29) is 11.5 Å². The van der Waals surface area contributed by atoms with Gasteiger partial charge in [0, 0.05) is 7.05 Å². The second-order valence-corrected chi connectivity index (χ2v) is 4.81. The second-order valence-electron chi connectivity index (χ2n) is 3.95. The van der Waals surface area contributed by atoms with Gasteiger partial charge in [0.25, 0.3) is 5.91 Å². The average molecular weight is 276 g/mol. The van der Waals surface area contributed by atoms with Gasteiger partial charge in [-0.25, -0.2) is 9.78 Å². The number of benzene rings is 1. The van der Waals surface area contributed by atoms with Crippen LogP contribution in [-0.4, -0.2) is 29.0 Å². The van der Waals surface area contributed by atoms with E-state index in [1.54, 1.807) is 37.7 Å². The molecule has 0 atom stereocenters. The van der Waals surface area contributed by atoms with Crippen molar-refractivity contribution in [1.29, 1.82) is 0 Å². The number of thiazole rings is 1. The van der Waals surface area contributed by atoms with E-state index in [1.165, 1.54) is 22.3 Å². The molecule has 1 heterocycles. The molecule has 2 aromatic rings. The van der Waals surface area contributed by atoms with Crippen LogP contribution in [-0.2, 0) is 0 Å². The Hall–Kier alpha value is -2.21. The number of aryl methyl sites for hydroxylation is 1. The molecule has 98 valence electrons. The number of aromatic nitrogens is 1. The van der Waals surface area contributed by atoms with E-state index in [2.05, 4.69) is 4.98 Å². The molecule has 0 aliphatic carbocycles. The van der Waals surface area contributed by atoms with Crippen molar-refractivity contribution in [3.8, 4) is 0 Å². The number of carbonyl (C=O) groups is 2. The Labute approximate surface area is 114 Å². The lowest BCUT2D eigenvalue weighted by atomic mass is 10.1. The quantitative estimate of drug-likeness (QED) is 0.934. The predicted octanol–water partition coefficient (Wildman–Crippen LogP) is 2.43. The number of aromatic carboxylic acids is 1. The van der Waals surface area contributed by atoms with Crippen molar-refractivity contribution in [3.05, 3.63) is 45.9 Å². The minimum atomic E-state index is -1.06. The van der Waals surface area contributed by atoms with Crippen LogP contribution in [0.4, 0.5) is 5.69 Å². The van der Waals surface area contributed by atoms with Gasteiger partial charge < -0.3 is 10.0 Å². The van der Waals surface area contributed by atoms with Crippen molar-refractivity contribution in [3.63, 3.8) is 0 Å². The summed E-state index contributed by atoms with van der Waals surface area (Å²) in [6, 6.07) is 6.41. The van der Waals surface area contributed by atoms with Crippen molar-refractivity contribution in [1.82, 2.24) is 4.98 Å². The Bertz CT molecular complexity index is 636. The summed E-state index contributed by atoms with van der Waals surface area (Å²) in [7, 11) is 1.56. The highest BCUT2D eigenvalue weighted by molar-refractivity contribution is 7.12. The Kier molecular flexibility index (Phi) is 3.62. The number of hydrogen-bond donors (Lipinski definition) is 1. The van der Waals surface area contributed by atoms with Gasteiger partial charge in [0.2, 0.25) is 0 Å². The van der Waals surface area contributed by atoms with E-state index >= 15 is 0 Å². The lowest BCUT2D eigenvalue weighted by Gasteiger charge is -2.18. The van der Waals surface area contributed by atoms with Gasteiger partial charge in [-0.1, -0.05) is 12.1 Å². The van der Waals surface area contributed by atoms with Crippen LogP contribution in [0.5, 0.6) is 0 Å². The van der Waals surface area contributed by atoms with E-state index in [9.17, 15) is 9.59 Å². The SMILES string of the molecule is Cc1ncsc1C(=O)N(C)c1ccccc1C(=O)O. The van der Waals surface area contributed by atoms with Crippen molar-refractivity contribution in [2.75, 3.05) is 11.9 Å². The van der Waals surface area contributed by atoms with Crippen molar-refractivity contribution < 1.29 is 14.7 Å². The number of rotatable bonds is 3. The zero-order chi connectivity index (χ0) is 14.0. The maximum absolute atomic E-state index is 12.3. The molecule has 1 aromatic carbocycles. The molecule has 0 aliphatic heterocycles. The first kappa shape index (κ1) is 13.2. The van der Waals surface area contributed by atoms with Crippen LogP contribution in [0.25, 0.3) is 0 Å². The van der Waals surface area contributed by atoms with Gasteiger partial charge in [-0.15, -0.1) is 11.3 Å². The largest absolute Gasteiger partial charge is 0.478 e. The number of carbonyl (C=O) groups excluding carboxylic acids is 1. The topological polar surface area (TPSA) is 70.5 Å². The Balaban J connectivity index is 2.40. The van der Waals surface area contributed by atoms with Gasteiger partial charge in [0.1, 0.15) is 4.88 Å². The number of amides is 1. The zero-order valence-electron chi connectivity index (χ0n) is 10.5. The van der Waals surface area contributed by atoms with Crippen molar-refractivity contribution >= 4 is 28.9 Å². The zero-order valence-corrected chi connectivity index (χ0v) is 11.3. The van der Waals surface area contributed by atoms with Crippen molar-refractivity contribution in [2.45, 2.75) is 6.92 Å². The molecule has 2 rings (SSSR count). The molecule has 0 aliphatic rings. The van der Waals surface area contributed by atoms with E-state index in [1.807, 2.05) is 0 Å². The molecule has 1 aromatic heterocycles. The van der Waals surface area contributed by atoms with Crippen LogP contribution in [0.2, 0.25) is 0 Å². The van der Waals surface area contributed by atoms with Gasteiger partial charge in [0.15, 0.2) is 0 Å². The normalized spacial score (nSPS) is 10.2. The number of anilines is 1. The minimum absolute atomic E-state index is 0.0977. The highest BCUT2D eigenvalue weighted by Gasteiger charge is 2.21. The van der Waals surface area contributed by atoms with Gasteiger partial charge in [0.05, 0.1) is 22.5 Å². The highest BCUT2D eigenvalue weighted by Crippen LogP contribution is 2.23. The summed E-state index contributed by atoms with van der Waals surface area (Å²) >= 11 is 1.25. The van der Waals surface area contributed by atoms with Gasteiger partial charge >= 0.3 is 5.97 Å².